The van der Waals surface area contributed by atoms with Gasteiger partial charge in [-0.3, -0.25) is 0 Å². The molecule has 0 spiro atoms. The number of nitrogens with zero attached hydrogens (tertiary/aromatic N) is 3. The number of benzene rings is 1. The molecular formula is C19H26N4O. The number of carbonyl (C=O) groups excluding carboxylic acids is 1. The summed E-state index contributed by atoms with van der Waals surface area (Å²) >= 11 is 0. The zero-order valence-corrected chi connectivity index (χ0v) is 14.6. The first-order valence-electron chi connectivity index (χ1n) is 8.55. The highest BCUT2D eigenvalue weighted by Crippen LogP contribution is 2.25. The normalized spacial score (nSPS) is 18.0. The summed E-state index contributed by atoms with van der Waals surface area (Å²) in [5, 5.41) is 3.09. The topological polar surface area (TPSA) is 40.5 Å². The summed E-state index contributed by atoms with van der Waals surface area (Å²) < 4.78 is 2.22. The first kappa shape index (κ1) is 16.4. The fourth-order valence-corrected chi connectivity index (χ4v) is 3.25. The van der Waals surface area contributed by atoms with Crippen LogP contribution in [0.2, 0.25) is 0 Å². The van der Waals surface area contributed by atoms with E-state index in [2.05, 4.69) is 60.1 Å². The van der Waals surface area contributed by atoms with E-state index in [1.807, 2.05) is 29.2 Å². The summed E-state index contributed by atoms with van der Waals surface area (Å²) in [6.07, 6.45) is 2.08. The first-order valence-corrected chi connectivity index (χ1v) is 8.55. The number of rotatable bonds is 4. The van der Waals surface area contributed by atoms with Gasteiger partial charge < -0.3 is 19.7 Å². The number of hydrogen-bond acceptors (Lipinski definition) is 2. The molecule has 1 aromatic carbocycles. The molecule has 1 N–H and O–H groups in total. The van der Waals surface area contributed by atoms with Gasteiger partial charge in [-0.2, -0.15) is 0 Å². The van der Waals surface area contributed by atoms with Gasteiger partial charge in [-0.15, -0.1) is 0 Å². The largest absolute Gasteiger partial charge is 0.370 e. The molecule has 1 aliphatic rings. The molecule has 5 nitrogen and oxygen atoms in total. The molecule has 0 fully saturated rings. The van der Waals surface area contributed by atoms with Crippen LogP contribution in [0.5, 0.6) is 0 Å². The number of fused-ring (bicyclic) bond motifs is 1. The minimum Gasteiger partial charge on any atom is -0.370 e. The maximum Gasteiger partial charge on any atom is 0.318 e. The van der Waals surface area contributed by atoms with Crippen LogP contribution in [0.3, 0.4) is 0 Å². The van der Waals surface area contributed by atoms with Crippen molar-refractivity contribution in [3.8, 4) is 0 Å². The van der Waals surface area contributed by atoms with E-state index in [0.717, 1.165) is 18.8 Å². The highest BCUT2D eigenvalue weighted by atomic mass is 16.2. The lowest BCUT2D eigenvalue weighted by Crippen LogP contribution is -2.49. The van der Waals surface area contributed by atoms with E-state index in [1.165, 1.54) is 5.69 Å². The van der Waals surface area contributed by atoms with Crippen molar-refractivity contribution in [1.29, 1.82) is 0 Å². The van der Waals surface area contributed by atoms with Crippen molar-refractivity contribution in [3.05, 3.63) is 54.4 Å². The smallest absolute Gasteiger partial charge is 0.318 e. The molecule has 2 atom stereocenters. The zero-order valence-electron chi connectivity index (χ0n) is 14.6. The van der Waals surface area contributed by atoms with Crippen molar-refractivity contribution in [3.63, 3.8) is 0 Å². The molecule has 0 radical (unpaired) electrons. The average Bonchev–Trinajstić information content (AvgIpc) is 3.09. The van der Waals surface area contributed by atoms with E-state index in [9.17, 15) is 4.79 Å². The second-order valence-electron chi connectivity index (χ2n) is 6.48. The molecule has 0 bridgehead atoms. The lowest BCUT2D eigenvalue weighted by Gasteiger charge is -2.35. The lowest BCUT2D eigenvalue weighted by molar-refractivity contribution is 0.162. The summed E-state index contributed by atoms with van der Waals surface area (Å²) in [6, 6.07) is 14.7. The third-order valence-electron chi connectivity index (χ3n) is 4.98. The Morgan fingerprint density at radius 1 is 1.25 bits per heavy atom. The van der Waals surface area contributed by atoms with E-state index >= 15 is 0 Å². The number of nitrogens with one attached hydrogen (secondary N) is 1. The molecular weight excluding hydrogens is 300 g/mol. The fourth-order valence-electron chi connectivity index (χ4n) is 3.25. The van der Waals surface area contributed by atoms with Gasteiger partial charge in [0.1, 0.15) is 0 Å². The predicted molar refractivity (Wildman–Crippen MR) is 97.3 cm³/mol. The summed E-state index contributed by atoms with van der Waals surface area (Å²) in [4.78, 5) is 16.7. The van der Waals surface area contributed by atoms with Crippen molar-refractivity contribution in [2.75, 3.05) is 25.0 Å². The molecule has 2 amide bonds. The first-order chi connectivity index (χ1) is 11.6. The van der Waals surface area contributed by atoms with Gasteiger partial charge in [0.05, 0.1) is 6.04 Å². The van der Waals surface area contributed by atoms with Gasteiger partial charge in [-0.25, -0.2) is 4.79 Å². The molecule has 0 aliphatic carbocycles. The maximum absolute atomic E-state index is 12.6. The van der Waals surface area contributed by atoms with Crippen molar-refractivity contribution in [2.24, 2.45) is 0 Å². The Kier molecular flexibility index (Phi) is 4.79. The Morgan fingerprint density at radius 2 is 2.00 bits per heavy atom. The lowest BCUT2D eigenvalue weighted by atomic mass is 10.1. The van der Waals surface area contributed by atoms with Crippen LogP contribution in [0.25, 0.3) is 0 Å². The predicted octanol–water partition coefficient (Wildman–Crippen LogP) is 3.10. The van der Waals surface area contributed by atoms with Crippen LogP contribution in [-0.2, 0) is 6.54 Å². The van der Waals surface area contributed by atoms with Crippen LogP contribution in [0, 0.1) is 0 Å². The number of likely N-dealkylation sites (N-methyl/N-ethyl adjacent to an activating group) is 1. The van der Waals surface area contributed by atoms with E-state index in [0.29, 0.717) is 6.54 Å². The molecule has 0 saturated carbocycles. The highest BCUT2D eigenvalue weighted by Gasteiger charge is 2.27. The number of urea groups is 1. The number of para-hydroxylation sites is 1. The number of aromatic nitrogens is 1. The molecule has 1 aliphatic heterocycles. The van der Waals surface area contributed by atoms with Crippen molar-refractivity contribution in [2.45, 2.75) is 32.5 Å². The zero-order chi connectivity index (χ0) is 17.1. The molecule has 24 heavy (non-hydrogen) atoms. The standard InChI is InChI=1S/C19H26N4O/c1-15(21(3)17-8-5-4-6-9-17)14-20-19(24)23-13-12-22-11-7-10-18(22)16(23)2/h4-11,15-16H,12-14H2,1-3H3,(H,20,24)/t15-,16-/m0/s1. The number of amides is 2. The van der Waals surface area contributed by atoms with Crippen LogP contribution >= 0.6 is 0 Å². The monoisotopic (exact) mass is 326 g/mol. The van der Waals surface area contributed by atoms with Crippen LogP contribution < -0.4 is 10.2 Å². The third-order valence-corrected chi connectivity index (χ3v) is 4.98. The Balaban J connectivity index is 1.56. The second-order valence-corrected chi connectivity index (χ2v) is 6.48. The molecule has 0 saturated heterocycles. The molecule has 1 aromatic heterocycles. The molecule has 3 rings (SSSR count). The van der Waals surface area contributed by atoms with Crippen LogP contribution in [0.15, 0.2) is 48.7 Å². The van der Waals surface area contributed by atoms with E-state index in [4.69, 9.17) is 0 Å². The van der Waals surface area contributed by atoms with Crippen LogP contribution in [0.1, 0.15) is 25.6 Å². The summed E-state index contributed by atoms with van der Waals surface area (Å²) in [7, 11) is 2.06. The summed E-state index contributed by atoms with van der Waals surface area (Å²) in [6.45, 7) is 6.44. The Bertz CT molecular complexity index is 682. The minimum atomic E-state index is 0.0169. The van der Waals surface area contributed by atoms with Gasteiger partial charge in [-0.05, 0) is 38.1 Å². The van der Waals surface area contributed by atoms with Gasteiger partial charge in [0.2, 0.25) is 0 Å². The molecule has 128 valence electrons. The SMILES string of the molecule is C[C@H]1c2cccn2CCN1C(=O)NC[C@H](C)N(C)c1ccccc1. The summed E-state index contributed by atoms with van der Waals surface area (Å²) in [5.41, 5.74) is 2.36. The van der Waals surface area contributed by atoms with Gasteiger partial charge >= 0.3 is 6.03 Å². The number of anilines is 1. The van der Waals surface area contributed by atoms with Gasteiger partial charge in [-0.1, -0.05) is 18.2 Å². The molecule has 5 heteroatoms. The van der Waals surface area contributed by atoms with Crippen LogP contribution in [0.4, 0.5) is 10.5 Å². The highest BCUT2D eigenvalue weighted by molar-refractivity contribution is 5.75. The molecule has 2 aromatic rings. The quantitative estimate of drug-likeness (QED) is 0.938. The van der Waals surface area contributed by atoms with Crippen molar-refractivity contribution < 1.29 is 4.79 Å². The number of carbonyl (C=O) groups is 1. The minimum absolute atomic E-state index is 0.0169. The van der Waals surface area contributed by atoms with Gasteiger partial charge in [0, 0.05) is 50.3 Å². The third kappa shape index (κ3) is 3.25. The van der Waals surface area contributed by atoms with E-state index in [1.54, 1.807) is 0 Å². The number of hydrogen-bond donors (Lipinski definition) is 1. The van der Waals surface area contributed by atoms with Crippen LogP contribution in [-0.4, -0.2) is 41.7 Å². The molecule has 2 heterocycles. The maximum atomic E-state index is 12.6. The second kappa shape index (κ2) is 6.99. The van der Waals surface area contributed by atoms with Crippen molar-refractivity contribution >= 4 is 11.7 Å². The Morgan fingerprint density at radius 3 is 2.75 bits per heavy atom. The Labute approximate surface area is 143 Å². The van der Waals surface area contributed by atoms with E-state index < -0.39 is 0 Å². The Hall–Kier alpha value is -2.43. The average molecular weight is 326 g/mol. The van der Waals surface area contributed by atoms with Gasteiger partial charge in [0.25, 0.3) is 0 Å². The molecule has 0 unspecified atom stereocenters. The van der Waals surface area contributed by atoms with E-state index in [-0.39, 0.29) is 18.1 Å². The van der Waals surface area contributed by atoms with Crippen molar-refractivity contribution in [1.82, 2.24) is 14.8 Å². The summed E-state index contributed by atoms with van der Waals surface area (Å²) in [5.74, 6) is 0. The fraction of sp³-hybridized carbons (Fsp3) is 0.421. The van der Waals surface area contributed by atoms with Gasteiger partial charge in [0.15, 0.2) is 0 Å².